The number of rotatable bonds is 5. The van der Waals surface area contributed by atoms with E-state index in [4.69, 9.17) is 0 Å². The van der Waals surface area contributed by atoms with Gasteiger partial charge in [0.1, 0.15) is 11.6 Å². The third-order valence-electron chi connectivity index (χ3n) is 4.28. The van der Waals surface area contributed by atoms with Gasteiger partial charge in [-0.05, 0) is 44.7 Å². The maximum absolute atomic E-state index is 14.2. The van der Waals surface area contributed by atoms with Crippen molar-refractivity contribution < 1.29 is 22.8 Å². The van der Waals surface area contributed by atoms with Crippen LogP contribution in [0.4, 0.5) is 13.2 Å². The smallest absolute Gasteiger partial charge is 0.193 e. The zero-order valence-corrected chi connectivity index (χ0v) is 14.8. The van der Waals surface area contributed by atoms with E-state index in [2.05, 4.69) is 11.7 Å². The summed E-state index contributed by atoms with van der Waals surface area (Å²) in [6.45, 7) is 7.88. The Morgan fingerprint density at radius 3 is 2.35 bits per heavy atom. The summed E-state index contributed by atoms with van der Waals surface area (Å²) in [4.78, 5) is 29.2. The van der Waals surface area contributed by atoms with Gasteiger partial charge in [-0.3, -0.25) is 14.6 Å². The van der Waals surface area contributed by atoms with Gasteiger partial charge < -0.3 is 0 Å². The average Bonchev–Trinajstić information content (AvgIpc) is 2.57. The number of ketones is 2. The second-order valence-electron chi connectivity index (χ2n) is 5.97. The molecule has 136 valence electrons. The molecule has 6 heteroatoms. The first kappa shape index (κ1) is 19.6. The van der Waals surface area contributed by atoms with Gasteiger partial charge in [0, 0.05) is 34.9 Å². The first-order valence-electron chi connectivity index (χ1n) is 8.01. The number of nitrogens with zero attached hydrogens (tertiary/aromatic N) is 1. The zero-order chi connectivity index (χ0) is 19.6. The molecular formula is C20H18F3NO2. The normalized spacial score (nSPS) is 15.8. The summed E-state index contributed by atoms with van der Waals surface area (Å²) in [5.41, 5.74) is 0.0859. The number of Topliss-reactive ketones (excluding diaryl/α,β-unsaturated/α-hetero) is 2. The van der Waals surface area contributed by atoms with E-state index in [0.29, 0.717) is 11.6 Å². The summed E-state index contributed by atoms with van der Waals surface area (Å²) in [7, 11) is 0. The first-order chi connectivity index (χ1) is 12.2. The Balaban J connectivity index is 2.60. The highest BCUT2D eigenvalue weighted by atomic mass is 19.1. The lowest BCUT2D eigenvalue weighted by atomic mass is 9.81. The minimum Gasteiger partial charge on any atom is -0.289 e. The summed E-state index contributed by atoms with van der Waals surface area (Å²) in [6, 6.07) is 1.44. The molecule has 0 aliphatic heterocycles. The maximum Gasteiger partial charge on any atom is 0.193 e. The van der Waals surface area contributed by atoms with E-state index in [1.54, 1.807) is 6.92 Å². The van der Waals surface area contributed by atoms with Crippen LogP contribution in [-0.4, -0.2) is 18.3 Å². The van der Waals surface area contributed by atoms with Crippen LogP contribution in [-0.2, 0) is 0 Å². The number of hydrogen-bond donors (Lipinski definition) is 0. The van der Waals surface area contributed by atoms with Crippen LogP contribution in [0.3, 0.4) is 0 Å². The lowest BCUT2D eigenvalue weighted by Gasteiger charge is -2.21. The third-order valence-corrected chi connectivity index (χ3v) is 4.28. The van der Waals surface area contributed by atoms with Gasteiger partial charge in [0.2, 0.25) is 0 Å². The average molecular weight is 361 g/mol. The Kier molecular flexibility index (Phi) is 5.75. The number of carbonyl (C=O) groups is 2. The third kappa shape index (κ3) is 3.59. The van der Waals surface area contributed by atoms with Crippen molar-refractivity contribution in [3.8, 4) is 0 Å². The summed E-state index contributed by atoms with van der Waals surface area (Å²) >= 11 is 0. The zero-order valence-electron chi connectivity index (χ0n) is 14.8. The van der Waals surface area contributed by atoms with Crippen molar-refractivity contribution in [3.63, 3.8) is 0 Å². The molecule has 0 fully saturated rings. The molecular weight excluding hydrogens is 343 g/mol. The summed E-state index contributed by atoms with van der Waals surface area (Å²) in [6.07, 6.45) is 1.52. The molecule has 0 heterocycles. The fourth-order valence-electron chi connectivity index (χ4n) is 2.81. The largest absolute Gasteiger partial charge is 0.289 e. The summed E-state index contributed by atoms with van der Waals surface area (Å²) < 4.78 is 40.9. The molecule has 26 heavy (non-hydrogen) atoms. The van der Waals surface area contributed by atoms with Crippen molar-refractivity contribution in [1.29, 1.82) is 0 Å². The van der Waals surface area contributed by atoms with Crippen molar-refractivity contribution >= 4 is 18.3 Å². The Morgan fingerprint density at radius 1 is 1.15 bits per heavy atom. The van der Waals surface area contributed by atoms with E-state index >= 15 is 0 Å². The summed E-state index contributed by atoms with van der Waals surface area (Å²) in [5.74, 6) is -3.71. The molecule has 0 N–H and O–H groups in total. The van der Waals surface area contributed by atoms with E-state index in [0.717, 1.165) is 6.07 Å². The van der Waals surface area contributed by atoms with Crippen LogP contribution in [0, 0.1) is 11.6 Å². The molecule has 3 nitrogen and oxygen atoms in total. The topological polar surface area (TPSA) is 46.5 Å². The van der Waals surface area contributed by atoms with Crippen LogP contribution in [0.15, 0.2) is 51.4 Å². The number of carbonyl (C=O) groups excluding carboxylic acids is 2. The molecule has 0 spiro atoms. The molecule has 0 saturated carbocycles. The predicted molar refractivity (Wildman–Crippen MR) is 94.1 cm³/mol. The lowest BCUT2D eigenvalue weighted by molar-refractivity contribution is 0.0966. The first-order valence-corrected chi connectivity index (χ1v) is 8.01. The molecule has 0 radical (unpaired) electrons. The number of hydrogen-bond acceptors (Lipinski definition) is 3. The Morgan fingerprint density at radius 2 is 1.81 bits per heavy atom. The van der Waals surface area contributed by atoms with Crippen LogP contribution >= 0.6 is 0 Å². The molecule has 0 unspecified atom stereocenters. The SMILES string of the molecule is C=N/C(=C\C(C)=C(/C)F)CC1=C(CC)C(=O)c2cc(F)cc(F)c2C1=O. The van der Waals surface area contributed by atoms with Gasteiger partial charge in [-0.15, -0.1) is 0 Å². The molecule has 0 aromatic heterocycles. The van der Waals surface area contributed by atoms with E-state index in [-0.39, 0.29) is 35.2 Å². The van der Waals surface area contributed by atoms with Crippen LogP contribution in [0.2, 0.25) is 0 Å². The van der Waals surface area contributed by atoms with Crippen LogP contribution < -0.4 is 0 Å². The van der Waals surface area contributed by atoms with Crippen molar-refractivity contribution in [3.05, 3.63) is 69.2 Å². The predicted octanol–water partition coefficient (Wildman–Crippen LogP) is 5.29. The highest BCUT2D eigenvalue weighted by molar-refractivity contribution is 6.27. The minimum atomic E-state index is -1.08. The van der Waals surface area contributed by atoms with E-state index in [1.165, 1.54) is 19.9 Å². The number of allylic oxidation sites excluding steroid dienone is 5. The highest BCUT2D eigenvalue weighted by Crippen LogP contribution is 2.33. The highest BCUT2D eigenvalue weighted by Gasteiger charge is 2.34. The lowest BCUT2D eigenvalue weighted by Crippen LogP contribution is -2.24. The Labute approximate surface area is 149 Å². The Hall–Kier alpha value is -2.76. The molecule has 1 aliphatic rings. The molecule has 0 saturated heterocycles. The Bertz CT molecular complexity index is 904. The minimum absolute atomic E-state index is 0.0680. The quantitative estimate of drug-likeness (QED) is 0.528. The van der Waals surface area contributed by atoms with Gasteiger partial charge in [0.05, 0.1) is 11.4 Å². The van der Waals surface area contributed by atoms with Crippen molar-refractivity contribution in [2.45, 2.75) is 33.6 Å². The maximum atomic E-state index is 14.2. The summed E-state index contributed by atoms with van der Waals surface area (Å²) in [5, 5.41) is 0. The van der Waals surface area contributed by atoms with Crippen LogP contribution in [0.5, 0.6) is 0 Å². The number of fused-ring (bicyclic) bond motifs is 1. The molecule has 0 bridgehead atoms. The van der Waals surface area contributed by atoms with Gasteiger partial charge in [-0.2, -0.15) is 0 Å². The van der Waals surface area contributed by atoms with E-state index in [1.807, 2.05) is 0 Å². The van der Waals surface area contributed by atoms with Gasteiger partial charge >= 0.3 is 0 Å². The number of benzene rings is 1. The molecule has 1 aromatic rings. The molecule has 2 rings (SSSR count). The van der Waals surface area contributed by atoms with E-state index in [9.17, 15) is 22.8 Å². The van der Waals surface area contributed by atoms with Crippen LogP contribution in [0.1, 0.15) is 54.3 Å². The second kappa shape index (κ2) is 7.64. The van der Waals surface area contributed by atoms with Gasteiger partial charge in [-0.25, -0.2) is 13.2 Å². The monoisotopic (exact) mass is 361 g/mol. The second-order valence-corrected chi connectivity index (χ2v) is 5.97. The molecule has 0 atom stereocenters. The van der Waals surface area contributed by atoms with Gasteiger partial charge in [0.15, 0.2) is 11.6 Å². The molecule has 0 amide bonds. The standard InChI is InChI=1S/C20H18F3NO2/c1-5-14-15(9-13(24-4)6-10(2)11(3)21)20(26)18-16(19(14)25)7-12(22)8-17(18)23/h6-8H,4-5,9H2,1-3H3/b11-10+,13-6-. The fourth-order valence-corrected chi connectivity index (χ4v) is 2.81. The van der Waals surface area contributed by atoms with Gasteiger partial charge in [0.25, 0.3) is 0 Å². The van der Waals surface area contributed by atoms with Crippen LogP contribution in [0.25, 0.3) is 0 Å². The number of halogens is 3. The number of aliphatic imine (C=N–C) groups is 1. The van der Waals surface area contributed by atoms with Crippen molar-refractivity contribution in [1.82, 2.24) is 0 Å². The van der Waals surface area contributed by atoms with E-state index < -0.39 is 34.6 Å². The fraction of sp³-hybridized carbons (Fsp3) is 0.250. The van der Waals surface area contributed by atoms with Crippen molar-refractivity contribution in [2.75, 3.05) is 0 Å². The van der Waals surface area contributed by atoms with Crippen molar-refractivity contribution in [2.24, 2.45) is 4.99 Å². The van der Waals surface area contributed by atoms with Gasteiger partial charge in [-0.1, -0.05) is 6.92 Å². The molecule has 1 aliphatic carbocycles. The molecule has 1 aromatic carbocycles.